The van der Waals surface area contributed by atoms with E-state index in [1.165, 1.54) is 0 Å². The number of rotatable bonds is 2. The molecule has 0 aliphatic carbocycles. The summed E-state index contributed by atoms with van der Waals surface area (Å²) in [5.41, 5.74) is 6.71. The van der Waals surface area contributed by atoms with Crippen molar-refractivity contribution in [1.82, 2.24) is 19.8 Å². The Bertz CT molecular complexity index is 699. The van der Waals surface area contributed by atoms with Gasteiger partial charge in [0.2, 0.25) is 0 Å². The topological polar surface area (TPSA) is 76.2 Å². The van der Waals surface area contributed by atoms with E-state index in [-0.39, 0.29) is 11.9 Å². The Balaban J connectivity index is 1.93. The molecular weight excluding hydrogens is 302 g/mol. The number of hydrogen-bond acceptors (Lipinski definition) is 4. The van der Waals surface area contributed by atoms with Gasteiger partial charge in [-0.05, 0) is 18.2 Å². The summed E-state index contributed by atoms with van der Waals surface area (Å²) in [7, 11) is 1.93. The molecule has 22 heavy (non-hydrogen) atoms. The number of amides is 1. The maximum Gasteiger partial charge on any atom is 0.256 e. The van der Waals surface area contributed by atoms with Crippen molar-refractivity contribution in [2.24, 2.45) is 7.05 Å². The van der Waals surface area contributed by atoms with Crippen molar-refractivity contribution in [3.8, 4) is 0 Å². The summed E-state index contributed by atoms with van der Waals surface area (Å²) in [4.78, 5) is 19.1. The smallest absolute Gasteiger partial charge is 0.256 e. The molecule has 0 bridgehead atoms. The molecule has 1 fully saturated rings. The largest absolute Gasteiger partial charge is 0.399 e. The molecule has 116 valence electrons. The van der Waals surface area contributed by atoms with Crippen LogP contribution in [0.25, 0.3) is 0 Å². The van der Waals surface area contributed by atoms with Crippen LogP contribution in [0.4, 0.5) is 5.69 Å². The van der Waals surface area contributed by atoms with Gasteiger partial charge in [-0.1, -0.05) is 11.6 Å². The normalized spacial score (nSPS) is 18.5. The van der Waals surface area contributed by atoms with Crippen LogP contribution in [0.2, 0.25) is 5.02 Å². The number of aryl methyl sites for hydroxylation is 1. The van der Waals surface area contributed by atoms with Gasteiger partial charge in [-0.25, -0.2) is 4.98 Å². The second kappa shape index (κ2) is 5.98. The van der Waals surface area contributed by atoms with E-state index in [1.54, 1.807) is 24.4 Å². The molecule has 3 N–H and O–H groups in total. The first-order valence-corrected chi connectivity index (χ1v) is 7.49. The summed E-state index contributed by atoms with van der Waals surface area (Å²) in [6.07, 6.45) is 3.62. The molecule has 0 spiro atoms. The summed E-state index contributed by atoms with van der Waals surface area (Å²) >= 11 is 6.18. The third-order valence-electron chi connectivity index (χ3n) is 3.88. The molecule has 7 heteroatoms. The Hall–Kier alpha value is -2.05. The fourth-order valence-corrected chi connectivity index (χ4v) is 3.01. The second-order valence-electron chi connectivity index (χ2n) is 5.35. The highest BCUT2D eigenvalue weighted by Gasteiger charge is 2.31. The third-order valence-corrected chi connectivity index (χ3v) is 4.20. The number of hydrogen-bond donors (Lipinski definition) is 2. The molecule has 1 aromatic heterocycles. The van der Waals surface area contributed by atoms with E-state index < -0.39 is 0 Å². The Kier molecular flexibility index (Phi) is 4.04. The number of halogens is 1. The van der Waals surface area contributed by atoms with Crippen LogP contribution < -0.4 is 11.1 Å². The van der Waals surface area contributed by atoms with Crippen LogP contribution >= 0.6 is 11.6 Å². The molecule has 0 saturated carbocycles. The number of piperazine rings is 1. The Labute approximate surface area is 133 Å². The predicted molar refractivity (Wildman–Crippen MR) is 85.7 cm³/mol. The van der Waals surface area contributed by atoms with Crippen LogP contribution in [-0.2, 0) is 7.05 Å². The lowest BCUT2D eigenvalue weighted by atomic mass is 10.1. The molecular formula is C15H18ClN5O. The molecule has 1 unspecified atom stereocenters. The van der Waals surface area contributed by atoms with Crippen LogP contribution in [0.3, 0.4) is 0 Å². The van der Waals surface area contributed by atoms with Gasteiger partial charge in [0.15, 0.2) is 0 Å². The highest BCUT2D eigenvalue weighted by atomic mass is 35.5. The minimum Gasteiger partial charge on any atom is -0.399 e. The van der Waals surface area contributed by atoms with Crippen LogP contribution in [0, 0.1) is 0 Å². The van der Waals surface area contributed by atoms with E-state index in [9.17, 15) is 4.79 Å². The van der Waals surface area contributed by atoms with Gasteiger partial charge in [0.1, 0.15) is 11.9 Å². The zero-order chi connectivity index (χ0) is 15.7. The predicted octanol–water partition coefficient (Wildman–Crippen LogP) is 1.44. The van der Waals surface area contributed by atoms with Crippen LogP contribution in [-0.4, -0.2) is 40.0 Å². The molecule has 6 nitrogen and oxygen atoms in total. The van der Waals surface area contributed by atoms with Gasteiger partial charge < -0.3 is 20.5 Å². The lowest BCUT2D eigenvalue weighted by Crippen LogP contribution is -2.49. The van der Waals surface area contributed by atoms with Crippen LogP contribution in [0.15, 0.2) is 30.6 Å². The number of aromatic nitrogens is 2. The van der Waals surface area contributed by atoms with E-state index in [1.807, 2.05) is 22.7 Å². The lowest BCUT2D eigenvalue weighted by Gasteiger charge is -2.36. The summed E-state index contributed by atoms with van der Waals surface area (Å²) in [6.45, 7) is 2.03. The highest BCUT2D eigenvalue weighted by molar-refractivity contribution is 6.34. The van der Waals surface area contributed by atoms with Crippen LogP contribution in [0.1, 0.15) is 22.2 Å². The number of nitrogens with one attached hydrogen (secondary N) is 1. The van der Waals surface area contributed by atoms with Crippen molar-refractivity contribution >= 4 is 23.2 Å². The zero-order valence-electron chi connectivity index (χ0n) is 12.3. The van der Waals surface area contributed by atoms with E-state index in [0.717, 1.165) is 12.4 Å². The number of anilines is 1. The summed E-state index contributed by atoms with van der Waals surface area (Å²) < 4.78 is 1.93. The quantitative estimate of drug-likeness (QED) is 0.821. The highest BCUT2D eigenvalue weighted by Crippen LogP contribution is 2.26. The molecule has 1 aliphatic heterocycles. The maximum absolute atomic E-state index is 12.9. The van der Waals surface area contributed by atoms with Crippen molar-refractivity contribution in [3.05, 3.63) is 47.0 Å². The monoisotopic (exact) mass is 319 g/mol. The molecule has 1 aromatic carbocycles. The van der Waals surface area contributed by atoms with Crippen LogP contribution in [0.5, 0.6) is 0 Å². The first-order chi connectivity index (χ1) is 10.6. The van der Waals surface area contributed by atoms with E-state index in [0.29, 0.717) is 29.4 Å². The van der Waals surface area contributed by atoms with Gasteiger partial charge in [-0.2, -0.15) is 0 Å². The van der Waals surface area contributed by atoms with Gasteiger partial charge in [-0.15, -0.1) is 0 Å². The van der Waals surface area contributed by atoms with Crippen molar-refractivity contribution in [2.75, 3.05) is 25.4 Å². The number of imidazole rings is 1. The number of nitrogen functional groups attached to an aromatic ring is 1. The molecule has 0 radical (unpaired) electrons. The van der Waals surface area contributed by atoms with Crippen molar-refractivity contribution < 1.29 is 4.79 Å². The molecule has 1 aliphatic rings. The molecule has 3 rings (SSSR count). The van der Waals surface area contributed by atoms with Crippen molar-refractivity contribution in [3.63, 3.8) is 0 Å². The van der Waals surface area contributed by atoms with Gasteiger partial charge in [0.25, 0.3) is 5.91 Å². The minimum absolute atomic E-state index is 0.0977. The maximum atomic E-state index is 12.9. The first kappa shape index (κ1) is 14.9. The molecule has 1 saturated heterocycles. The summed E-state index contributed by atoms with van der Waals surface area (Å²) in [5, 5.41) is 3.69. The summed E-state index contributed by atoms with van der Waals surface area (Å²) in [6, 6.07) is 4.86. The number of nitrogens with two attached hydrogens (primary N) is 1. The lowest BCUT2D eigenvalue weighted by molar-refractivity contribution is 0.0621. The number of carbonyl (C=O) groups is 1. The van der Waals surface area contributed by atoms with Gasteiger partial charge in [0.05, 0.1) is 10.6 Å². The van der Waals surface area contributed by atoms with Crippen molar-refractivity contribution in [2.45, 2.75) is 6.04 Å². The zero-order valence-corrected chi connectivity index (χ0v) is 13.0. The van der Waals surface area contributed by atoms with Gasteiger partial charge in [0, 0.05) is 44.8 Å². The molecule has 2 heterocycles. The fourth-order valence-electron chi connectivity index (χ4n) is 2.74. The van der Waals surface area contributed by atoms with E-state index in [2.05, 4.69) is 10.3 Å². The number of nitrogens with zero attached hydrogens (tertiary/aromatic N) is 3. The van der Waals surface area contributed by atoms with E-state index >= 15 is 0 Å². The van der Waals surface area contributed by atoms with E-state index in [4.69, 9.17) is 17.3 Å². The molecule has 1 atom stereocenters. The SMILES string of the molecule is Cn1ccnc1C1CNCCN1C(=O)c1ccc(N)cc1Cl. The first-order valence-electron chi connectivity index (χ1n) is 7.12. The van der Waals surface area contributed by atoms with Gasteiger partial charge >= 0.3 is 0 Å². The average Bonchev–Trinajstić information content (AvgIpc) is 2.93. The van der Waals surface area contributed by atoms with Crippen molar-refractivity contribution in [1.29, 1.82) is 0 Å². The Morgan fingerprint density at radius 3 is 3.00 bits per heavy atom. The summed E-state index contributed by atoms with van der Waals surface area (Å²) in [5.74, 6) is 0.756. The number of benzene rings is 1. The fraction of sp³-hybridized carbons (Fsp3) is 0.333. The minimum atomic E-state index is -0.116. The molecule has 1 amide bonds. The standard InChI is InChI=1S/C15H18ClN5O/c1-20-6-5-19-14(20)13-9-18-4-7-21(13)15(22)11-3-2-10(17)8-12(11)16/h2-3,5-6,8,13,18H,4,7,9,17H2,1H3. The number of carbonyl (C=O) groups excluding carboxylic acids is 1. The Morgan fingerprint density at radius 2 is 2.32 bits per heavy atom. The van der Waals surface area contributed by atoms with Gasteiger partial charge in [-0.3, -0.25) is 4.79 Å². The Morgan fingerprint density at radius 1 is 1.50 bits per heavy atom. The molecule has 2 aromatic rings. The average molecular weight is 320 g/mol. The second-order valence-corrected chi connectivity index (χ2v) is 5.76. The third kappa shape index (κ3) is 2.67.